The molecule has 1 saturated heterocycles. The van der Waals surface area contributed by atoms with Crippen molar-refractivity contribution in [2.75, 3.05) is 26.4 Å². The van der Waals surface area contributed by atoms with Crippen molar-refractivity contribution in [2.45, 2.75) is 25.2 Å². The van der Waals surface area contributed by atoms with E-state index >= 15 is 0 Å². The van der Waals surface area contributed by atoms with E-state index in [1.165, 1.54) is 0 Å². The molecule has 19 heavy (non-hydrogen) atoms. The number of aliphatic hydroxyl groups is 1. The van der Waals surface area contributed by atoms with Gasteiger partial charge in [-0.2, -0.15) is 0 Å². The molecular formula is C14H21NO4. The minimum atomic E-state index is -0.647. The number of nitrogens with two attached hydrogens (primary N) is 1. The standard InChI is InChI=1S/C14H21NO4/c15-7-11-3-1-2-4-14(11)19-9-12(16)8-18-13-5-6-17-10-13/h1-4,12-13,16H,5-10,15H2. The lowest BCUT2D eigenvalue weighted by Gasteiger charge is -2.16. The number of benzene rings is 1. The van der Waals surface area contributed by atoms with Crippen LogP contribution < -0.4 is 10.5 Å². The summed E-state index contributed by atoms with van der Waals surface area (Å²) in [4.78, 5) is 0. The first-order chi connectivity index (χ1) is 9.29. The number of ether oxygens (including phenoxy) is 3. The fraction of sp³-hybridized carbons (Fsp3) is 0.571. The lowest BCUT2D eigenvalue weighted by atomic mass is 10.2. The molecule has 0 bridgehead atoms. The second-order valence-electron chi connectivity index (χ2n) is 4.60. The molecule has 1 aromatic carbocycles. The molecule has 1 aliphatic heterocycles. The molecule has 1 heterocycles. The van der Waals surface area contributed by atoms with Crippen LogP contribution in [-0.2, 0) is 16.0 Å². The van der Waals surface area contributed by atoms with Gasteiger partial charge in [0.2, 0.25) is 0 Å². The highest BCUT2D eigenvalue weighted by atomic mass is 16.6. The Morgan fingerprint density at radius 2 is 2.21 bits per heavy atom. The Morgan fingerprint density at radius 3 is 2.95 bits per heavy atom. The van der Waals surface area contributed by atoms with Gasteiger partial charge in [-0.15, -0.1) is 0 Å². The van der Waals surface area contributed by atoms with E-state index in [0.717, 1.165) is 18.6 Å². The second kappa shape index (κ2) is 7.45. The van der Waals surface area contributed by atoms with Gasteiger partial charge in [0.25, 0.3) is 0 Å². The van der Waals surface area contributed by atoms with Crippen molar-refractivity contribution >= 4 is 0 Å². The van der Waals surface area contributed by atoms with Crippen molar-refractivity contribution in [3.8, 4) is 5.75 Å². The maximum Gasteiger partial charge on any atom is 0.123 e. The van der Waals surface area contributed by atoms with Crippen molar-refractivity contribution in [1.82, 2.24) is 0 Å². The summed E-state index contributed by atoms with van der Waals surface area (Å²) >= 11 is 0. The molecule has 0 spiro atoms. The van der Waals surface area contributed by atoms with Crippen molar-refractivity contribution < 1.29 is 19.3 Å². The summed E-state index contributed by atoms with van der Waals surface area (Å²) in [7, 11) is 0. The Morgan fingerprint density at radius 1 is 1.37 bits per heavy atom. The predicted octanol–water partition coefficient (Wildman–Crippen LogP) is 0.690. The van der Waals surface area contributed by atoms with Crippen molar-refractivity contribution in [1.29, 1.82) is 0 Å². The van der Waals surface area contributed by atoms with Gasteiger partial charge < -0.3 is 25.1 Å². The van der Waals surface area contributed by atoms with E-state index in [9.17, 15) is 5.11 Å². The van der Waals surface area contributed by atoms with Gasteiger partial charge in [0, 0.05) is 18.7 Å². The second-order valence-corrected chi connectivity index (χ2v) is 4.60. The van der Waals surface area contributed by atoms with Crippen LogP contribution >= 0.6 is 0 Å². The molecule has 1 aliphatic rings. The Labute approximate surface area is 113 Å². The topological polar surface area (TPSA) is 73.9 Å². The Kier molecular flexibility index (Phi) is 5.60. The summed E-state index contributed by atoms with van der Waals surface area (Å²) in [5, 5.41) is 9.81. The molecule has 1 aromatic rings. The summed E-state index contributed by atoms with van der Waals surface area (Å²) in [6, 6.07) is 7.55. The van der Waals surface area contributed by atoms with E-state index in [4.69, 9.17) is 19.9 Å². The highest BCUT2D eigenvalue weighted by Crippen LogP contribution is 2.17. The van der Waals surface area contributed by atoms with E-state index in [0.29, 0.717) is 18.9 Å². The average Bonchev–Trinajstić information content (AvgIpc) is 2.96. The van der Waals surface area contributed by atoms with Crippen LogP contribution in [0.1, 0.15) is 12.0 Å². The summed E-state index contributed by atoms with van der Waals surface area (Å²) < 4.78 is 16.3. The molecule has 0 radical (unpaired) electrons. The van der Waals surface area contributed by atoms with Gasteiger partial charge in [-0.3, -0.25) is 0 Å². The molecule has 0 amide bonds. The van der Waals surface area contributed by atoms with E-state index in [1.54, 1.807) is 0 Å². The van der Waals surface area contributed by atoms with Gasteiger partial charge in [0.05, 0.1) is 19.3 Å². The van der Waals surface area contributed by atoms with Crippen LogP contribution in [-0.4, -0.2) is 43.7 Å². The molecule has 0 aliphatic carbocycles. The zero-order valence-corrected chi connectivity index (χ0v) is 11.0. The zero-order chi connectivity index (χ0) is 13.5. The number of hydrogen-bond donors (Lipinski definition) is 2. The van der Waals surface area contributed by atoms with Crippen LogP contribution in [0.4, 0.5) is 0 Å². The summed E-state index contributed by atoms with van der Waals surface area (Å²) in [5.41, 5.74) is 6.55. The van der Waals surface area contributed by atoms with Crippen LogP contribution in [0.2, 0.25) is 0 Å². The minimum Gasteiger partial charge on any atom is -0.490 e. The van der Waals surface area contributed by atoms with Gasteiger partial charge >= 0.3 is 0 Å². The monoisotopic (exact) mass is 267 g/mol. The molecule has 106 valence electrons. The zero-order valence-electron chi connectivity index (χ0n) is 11.0. The molecule has 2 atom stereocenters. The fourth-order valence-corrected chi connectivity index (χ4v) is 1.94. The van der Waals surface area contributed by atoms with Gasteiger partial charge in [0.1, 0.15) is 18.5 Å². The fourth-order valence-electron chi connectivity index (χ4n) is 1.94. The highest BCUT2D eigenvalue weighted by Gasteiger charge is 2.17. The lowest BCUT2D eigenvalue weighted by molar-refractivity contribution is -0.0265. The Balaban J connectivity index is 1.71. The SMILES string of the molecule is NCc1ccccc1OCC(O)COC1CCOC1. The van der Waals surface area contributed by atoms with E-state index < -0.39 is 6.10 Å². The molecular weight excluding hydrogens is 246 g/mol. The third-order valence-corrected chi connectivity index (χ3v) is 3.04. The summed E-state index contributed by atoms with van der Waals surface area (Å²) in [6.07, 6.45) is 0.348. The molecule has 0 saturated carbocycles. The maximum atomic E-state index is 9.81. The van der Waals surface area contributed by atoms with Gasteiger partial charge in [-0.1, -0.05) is 18.2 Å². The molecule has 0 aromatic heterocycles. The smallest absolute Gasteiger partial charge is 0.123 e. The van der Waals surface area contributed by atoms with Gasteiger partial charge in [0.15, 0.2) is 0 Å². The molecule has 3 N–H and O–H groups in total. The first-order valence-electron chi connectivity index (χ1n) is 6.57. The first-order valence-corrected chi connectivity index (χ1v) is 6.57. The average molecular weight is 267 g/mol. The third-order valence-electron chi connectivity index (χ3n) is 3.04. The van der Waals surface area contributed by atoms with Crippen LogP contribution in [0.15, 0.2) is 24.3 Å². The Bertz CT molecular complexity index is 379. The van der Waals surface area contributed by atoms with E-state index in [1.807, 2.05) is 24.3 Å². The van der Waals surface area contributed by atoms with Crippen LogP contribution in [0.25, 0.3) is 0 Å². The maximum absolute atomic E-state index is 9.81. The van der Waals surface area contributed by atoms with Crippen LogP contribution in [0.5, 0.6) is 5.75 Å². The molecule has 2 unspecified atom stereocenters. The Hall–Kier alpha value is -1.14. The van der Waals surface area contributed by atoms with Crippen molar-refractivity contribution in [3.63, 3.8) is 0 Å². The summed E-state index contributed by atoms with van der Waals surface area (Å²) in [5.74, 6) is 0.716. The third kappa shape index (κ3) is 4.47. The molecule has 1 fully saturated rings. The highest BCUT2D eigenvalue weighted by molar-refractivity contribution is 5.32. The van der Waals surface area contributed by atoms with Crippen LogP contribution in [0.3, 0.4) is 0 Å². The van der Waals surface area contributed by atoms with Gasteiger partial charge in [-0.05, 0) is 12.5 Å². The van der Waals surface area contributed by atoms with Crippen LogP contribution in [0, 0.1) is 0 Å². The molecule has 5 nitrogen and oxygen atoms in total. The van der Waals surface area contributed by atoms with E-state index in [-0.39, 0.29) is 19.3 Å². The summed E-state index contributed by atoms with van der Waals surface area (Å²) in [6.45, 7) is 2.23. The minimum absolute atomic E-state index is 0.103. The number of para-hydroxylation sites is 1. The largest absolute Gasteiger partial charge is 0.490 e. The lowest BCUT2D eigenvalue weighted by Crippen LogP contribution is -2.27. The van der Waals surface area contributed by atoms with Gasteiger partial charge in [-0.25, -0.2) is 0 Å². The van der Waals surface area contributed by atoms with E-state index in [2.05, 4.69) is 0 Å². The number of rotatable bonds is 7. The predicted molar refractivity (Wildman–Crippen MR) is 71.0 cm³/mol. The molecule has 5 heteroatoms. The van der Waals surface area contributed by atoms with Crippen molar-refractivity contribution in [3.05, 3.63) is 29.8 Å². The number of aliphatic hydroxyl groups excluding tert-OH is 1. The van der Waals surface area contributed by atoms with Crippen molar-refractivity contribution in [2.24, 2.45) is 5.73 Å². The normalized spacial score (nSPS) is 20.4. The molecule has 2 rings (SSSR count). The first kappa shape index (κ1) is 14.3. The quantitative estimate of drug-likeness (QED) is 0.760. The number of hydrogen-bond acceptors (Lipinski definition) is 5.